The van der Waals surface area contributed by atoms with Crippen LogP contribution in [0.3, 0.4) is 0 Å². The average Bonchev–Trinajstić information content (AvgIpc) is 3.29. The van der Waals surface area contributed by atoms with Gasteiger partial charge in [-0.05, 0) is 42.7 Å². The van der Waals surface area contributed by atoms with E-state index in [2.05, 4.69) is 6.92 Å². The number of esters is 1. The van der Waals surface area contributed by atoms with Crippen LogP contribution in [0, 0.1) is 39.4 Å². The molecule has 15 unspecified atom stereocenters. The standard InChI is InChI=1S/C31H40O10/c1-5-14(2)24(35)39-21-10-20(34)30-18-9-19(33)29(13-38-26(30)40-25(36)28(18,21)4)23(30)17(32)11-27(3)16(15-6-7-37-12-15)8-22-31(27,29)41-22/h6-7,12,14,16,18-23,25-26,33-34,36H,5,8-11,13H2,1-4H3. The van der Waals surface area contributed by atoms with Gasteiger partial charge in [-0.1, -0.05) is 27.7 Å². The smallest absolute Gasteiger partial charge is 0.308 e. The number of epoxide rings is 1. The molecule has 10 heteroatoms. The second kappa shape index (κ2) is 8.01. The molecule has 1 aromatic heterocycles. The maximum atomic E-state index is 14.7. The molecule has 7 fully saturated rings. The minimum atomic E-state index is -1.38. The second-order valence-electron chi connectivity index (χ2n) is 14.5. The molecule has 4 heterocycles. The molecule has 3 N–H and O–H groups in total. The molecule has 0 amide bonds. The van der Waals surface area contributed by atoms with E-state index in [-0.39, 0.29) is 49.6 Å². The summed E-state index contributed by atoms with van der Waals surface area (Å²) in [6.45, 7) is 7.59. The van der Waals surface area contributed by atoms with Crippen LogP contribution in [0.15, 0.2) is 23.0 Å². The first kappa shape index (κ1) is 26.8. The SMILES string of the molecule is CCC(C)C(=O)OC1CC(O)C23C4OCC5(C(O)CC2C1(C)C(O)O4)C3C(=O)CC1(C)C(c2ccoc2)CC2OC215. The van der Waals surface area contributed by atoms with Gasteiger partial charge in [-0.15, -0.1) is 0 Å². The van der Waals surface area contributed by atoms with E-state index in [0.29, 0.717) is 12.8 Å². The summed E-state index contributed by atoms with van der Waals surface area (Å²) < 4.78 is 30.6. The van der Waals surface area contributed by atoms with E-state index in [1.807, 2.05) is 13.0 Å². The second-order valence-corrected chi connectivity index (χ2v) is 14.5. The summed E-state index contributed by atoms with van der Waals surface area (Å²) in [5, 5.41) is 35.9. The third-order valence-electron chi connectivity index (χ3n) is 13.4. The van der Waals surface area contributed by atoms with Gasteiger partial charge in [-0.2, -0.15) is 0 Å². The van der Waals surface area contributed by atoms with Gasteiger partial charge >= 0.3 is 5.97 Å². The summed E-state index contributed by atoms with van der Waals surface area (Å²) in [5.74, 6) is -2.21. The van der Waals surface area contributed by atoms with E-state index in [9.17, 15) is 24.9 Å². The lowest BCUT2D eigenvalue weighted by atomic mass is 9.32. The molecule has 41 heavy (non-hydrogen) atoms. The predicted molar refractivity (Wildman–Crippen MR) is 139 cm³/mol. The first-order valence-corrected chi connectivity index (χ1v) is 15.2. The Kier molecular flexibility index (Phi) is 5.23. The van der Waals surface area contributed by atoms with Gasteiger partial charge in [-0.25, -0.2) is 0 Å². The zero-order chi connectivity index (χ0) is 28.9. The van der Waals surface area contributed by atoms with Gasteiger partial charge in [0.25, 0.3) is 0 Å². The van der Waals surface area contributed by atoms with Crippen LogP contribution in [0.4, 0.5) is 0 Å². The maximum Gasteiger partial charge on any atom is 0.308 e. The number of aliphatic hydroxyl groups excluding tert-OH is 3. The van der Waals surface area contributed by atoms with Crippen LogP contribution in [-0.4, -0.2) is 76.3 Å². The van der Waals surface area contributed by atoms with Crippen molar-refractivity contribution in [3.63, 3.8) is 0 Å². The Morgan fingerprint density at radius 1 is 1.17 bits per heavy atom. The number of furan rings is 1. The van der Waals surface area contributed by atoms with Gasteiger partial charge in [0.05, 0.1) is 59.6 Å². The van der Waals surface area contributed by atoms with Crippen LogP contribution in [0.1, 0.15) is 71.3 Å². The Morgan fingerprint density at radius 2 is 1.95 bits per heavy atom. The molecular formula is C31H40O10. The molecule has 2 spiro atoms. The Morgan fingerprint density at radius 3 is 2.66 bits per heavy atom. The summed E-state index contributed by atoms with van der Waals surface area (Å²) in [6.07, 6.45) is -0.477. The molecule has 224 valence electrons. The number of ether oxygens (including phenoxy) is 4. The summed E-state index contributed by atoms with van der Waals surface area (Å²) in [6, 6.07) is 1.94. The lowest BCUT2D eigenvalue weighted by molar-refractivity contribution is -0.465. The van der Waals surface area contributed by atoms with Crippen LogP contribution in [0.25, 0.3) is 0 Å². The largest absolute Gasteiger partial charge is 0.472 e. The molecule has 3 saturated heterocycles. The number of ketones is 1. The third kappa shape index (κ3) is 2.66. The van der Waals surface area contributed by atoms with E-state index < -0.39 is 76.0 Å². The molecule has 0 radical (unpaired) electrons. The van der Waals surface area contributed by atoms with Crippen molar-refractivity contribution >= 4 is 11.8 Å². The molecule has 8 rings (SSSR count). The lowest BCUT2D eigenvalue weighted by Gasteiger charge is -2.76. The van der Waals surface area contributed by atoms with Gasteiger partial charge in [0.1, 0.15) is 17.5 Å². The average molecular weight is 573 g/mol. The topological polar surface area (TPSA) is 148 Å². The Hall–Kier alpha value is -1.82. The minimum Gasteiger partial charge on any atom is -0.472 e. The Bertz CT molecular complexity index is 1300. The Labute approximate surface area is 238 Å². The fourth-order valence-electron chi connectivity index (χ4n) is 11.3. The molecule has 3 aliphatic heterocycles. The highest BCUT2D eigenvalue weighted by Crippen LogP contribution is 2.84. The fourth-order valence-corrected chi connectivity index (χ4v) is 11.3. The number of Topliss-reactive ketones (excluding diaryl/α,β-unsaturated/α-hetero) is 1. The molecule has 10 nitrogen and oxygen atoms in total. The van der Waals surface area contributed by atoms with E-state index in [4.69, 9.17) is 23.4 Å². The zero-order valence-corrected chi connectivity index (χ0v) is 23.9. The van der Waals surface area contributed by atoms with Gasteiger partial charge in [-0.3, -0.25) is 9.59 Å². The monoisotopic (exact) mass is 572 g/mol. The van der Waals surface area contributed by atoms with Gasteiger partial charge < -0.3 is 38.7 Å². The normalized spacial score (nSPS) is 56.8. The summed E-state index contributed by atoms with van der Waals surface area (Å²) in [7, 11) is 0. The number of aliphatic hydroxyl groups is 3. The van der Waals surface area contributed by atoms with Gasteiger partial charge in [0.15, 0.2) is 12.6 Å². The molecule has 4 aliphatic carbocycles. The number of carbonyl (C=O) groups excluding carboxylic acids is 2. The summed E-state index contributed by atoms with van der Waals surface area (Å²) >= 11 is 0. The zero-order valence-electron chi connectivity index (χ0n) is 23.9. The summed E-state index contributed by atoms with van der Waals surface area (Å²) in [4.78, 5) is 27.6. The van der Waals surface area contributed by atoms with Crippen LogP contribution >= 0.6 is 0 Å². The molecule has 7 aliphatic rings. The number of rotatable bonds is 4. The van der Waals surface area contributed by atoms with Crippen LogP contribution in [0.5, 0.6) is 0 Å². The van der Waals surface area contributed by atoms with E-state index in [1.165, 1.54) is 0 Å². The molecular weight excluding hydrogens is 532 g/mol. The van der Waals surface area contributed by atoms with Crippen LogP contribution in [-0.2, 0) is 28.5 Å². The van der Waals surface area contributed by atoms with Crippen molar-refractivity contribution in [1.82, 2.24) is 0 Å². The molecule has 3 bridgehead atoms. The van der Waals surface area contributed by atoms with Crippen LogP contribution in [0.2, 0.25) is 0 Å². The molecule has 15 atom stereocenters. The minimum absolute atomic E-state index is 0.00902. The first-order chi connectivity index (χ1) is 19.4. The van der Waals surface area contributed by atoms with E-state index >= 15 is 0 Å². The fraction of sp³-hybridized carbons (Fsp3) is 0.806. The number of hydrogen-bond donors (Lipinski definition) is 3. The number of hydrogen-bond acceptors (Lipinski definition) is 10. The quantitative estimate of drug-likeness (QED) is 0.363. The first-order valence-electron chi connectivity index (χ1n) is 15.2. The van der Waals surface area contributed by atoms with Gasteiger partial charge in [0.2, 0.25) is 0 Å². The van der Waals surface area contributed by atoms with E-state index in [1.54, 1.807) is 26.4 Å². The number of carbonyl (C=O) groups is 2. The Balaban J connectivity index is 1.27. The highest BCUT2D eigenvalue weighted by molar-refractivity contribution is 5.87. The predicted octanol–water partition coefficient (Wildman–Crippen LogP) is 2.29. The van der Waals surface area contributed by atoms with Gasteiger partial charge in [0, 0.05) is 24.2 Å². The van der Waals surface area contributed by atoms with Crippen molar-refractivity contribution in [2.45, 2.75) is 108 Å². The third-order valence-corrected chi connectivity index (χ3v) is 13.4. The van der Waals surface area contributed by atoms with Crippen molar-refractivity contribution in [2.24, 2.45) is 39.4 Å². The highest BCUT2D eigenvalue weighted by atomic mass is 16.7. The van der Waals surface area contributed by atoms with Crippen molar-refractivity contribution in [3.05, 3.63) is 24.2 Å². The van der Waals surface area contributed by atoms with Crippen molar-refractivity contribution < 1.29 is 48.3 Å². The molecule has 4 saturated carbocycles. The summed E-state index contributed by atoms with van der Waals surface area (Å²) in [5.41, 5.74) is -3.92. The van der Waals surface area contributed by atoms with Crippen molar-refractivity contribution in [2.75, 3.05) is 6.61 Å². The lowest BCUT2D eigenvalue weighted by Crippen LogP contribution is -2.86. The maximum absolute atomic E-state index is 14.7. The highest BCUT2D eigenvalue weighted by Gasteiger charge is 2.93. The molecule has 0 aromatic carbocycles. The van der Waals surface area contributed by atoms with Crippen molar-refractivity contribution in [1.29, 1.82) is 0 Å². The van der Waals surface area contributed by atoms with Crippen molar-refractivity contribution in [3.8, 4) is 0 Å². The molecule has 1 aromatic rings. The van der Waals surface area contributed by atoms with Crippen LogP contribution < -0.4 is 0 Å². The van der Waals surface area contributed by atoms with E-state index in [0.717, 1.165) is 5.56 Å².